The quantitative estimate of drug-likeness (QED) is 0.850. The summed E-state index contributed by atoms with van der Waals surface area (Å²) in [6.07, 6.45) is 0.830. The molecule has 4 heteroatoms. The first-order valence-electron chi connectivity index (χ1n) is 6.06. The van der Waals surface area contributed by atoms with Gasteiger partial charge in [0.15, 0.2) is 0 Å². The fourth-order valence-corrected chi connectivity index (χ4v) is 2.43. The van der Waals surface area contributed by atoms with Crippen molar-refractivity contribution in [1.82, 2.24) is 4.72 Å². The average molecular weight is 264 g/mol. The zero-order valence-electron chi connectivity index (χ0n) is 11.4. The summed E-state index contributed by atoms with van der Waals surface area (Å²) in [6.45, 7) is 7.86. The van der Waals surface area contributed by atoms with Gasteiger partial charge in [-0.1, -0.05) is 19.1 Å². The van der Waals surface area contributed by atoms with E-state index in [-0.39, 0.29) is 10.8 Å². The number of benzene rings is 1. The van der Waals surface area contributed by atoms with Gasteiger partial charge in [0.05, 0.1) is 17.7 Å². The maximum Gasteiger partial charge on any atom is 0.136 e. The van der Waals surface area contributed by atoms with Crippen LogP contribution in [0.2, 0.25) is 0 Å². The number of nitrogens with zero attached hydrogens (tertiary/aromatic N) is 1. The third-order valence-corrected chi connectivity index (χ3v) is 4.24. The highest BCUT2D eigenvalue weighted by molar-refractivity contribution is 7.90. The Balaban J connectivity index is 2.87. The monoisotopic (exact) mass is 264 g/mol. The van der Waals surface area contributed by atoms with Gasteiger partial charge in [-0.2, -0.15) is 5.26 Å². The number of rotatable bonds is 4. The van der Waals surface area contributed by atoms with Gasteiger partial charge in [-0.3, -0.25) is 0 Å². The predicted molar refractivity (Wildman–Crippen MR) is 75.2 cm³/mol. The number of hydrogen-bond acceptors (Lipinski definition) is 3. The van der Waals surface area contributed by atoms with Gasteiger partial charge in [0.2, 0.25) is 0 Å². The summed E-state index contributed by atoms with van der Waals surface area (Å²) in [5, 5.41) is 8.90. The standard InChI is InChI=1S/C14H20N2OS/c1-5-13(16-18(17)14(2,3)4)12-8-6-7-11(9-12)10-15/h6-9,13,16H,5H2,1-4H3/t13-,18?/m0/s1. The smallest absolute Gasteiger partial charge is 0.136 e. The van der Waals surface area contributed by atoms with Crippen LogP contribution in [-0.2, 0) is 11.4 Å². The van der Waals surface area contributed by atoms with E-state index in [1.165, 1.54) is 0 Å². The van der Waals surface area contributed by atoms with E-state index in [1.807, 2.05) is 45.9 Å². The molecule has 1 unspecified atom stereocenters. The van der Waals surface area contributed by atoms with Crippen molar-refractivity contribution in [2.24, 2.45) is 0 Å². The van der Waals surface area contributed by atoms with Crippen molar-refractivity contribution in [2.75, 3.05) is 0 Å². The van der Waals surface area contributed by atoms with Crippen LogP contribution in [0, 0.1) is 11.3 Å². The fraction of sp³-hybridized carbons (Fsp3) is 0.500. The van der Waals surface area contributed by atoms with E-state index in [1.54, 1.807) is 6.07 Å². The highest BCUT2D eigenvalue weighted by atomic mass is 32.2. The molecule has 0 fully saturated rings. The molecule has 1 N–H and O–H groups in total. The second kappa shape index (κ2) is 6.24. The van der Waals surface area contributed by atoms with Crippen LogP contribution in [0.15, 0.2) is 24.3 Å². The molecule has 0 spiro atoms. The molecule has 0 bridgehead atoms. The Hall–Kier alpha value is -1.02. The molecule has 1 aromatic rings. The topological polar surface area (TPSA) is 58.9 Å². The largest absolute Gasteiger partial charge is 0.598 e. The predicted octanol–water partition coefficient (Wildman–Crippen LogP) is 3.06. The van der Waals surface area contributed by atoms with Crippen molar-refractivity contribution in [3.8, 4) is 6.07 Å². The summed E-state index contributed by atoms with van der Waals surface area (Å²) >= 11 is -1.11. The maximum atomic E-state index is 12.1. The summed E-state index contributed by atoms with van der Waals surface area (Å²) in [5.41, 5.74) is 1.64. The summed E-state index contributed by atoms with van der Waals surface area (Å²) in [6, 6.07) is 9.58. The second-order valence-electron chi connectivity index (χ2n) is 5.20. The lowest BCUT2D eigenvalue weighted by Gasteiger charge is -2.27. The Morgan fingerprint density at radius 1 is 1.44 bits per heavy atom. The molecule has 2 atom stereocenters. The van der Waals surface area contributed by atoms with Crippen molar-refractivity contribution in [3.05, 3.63) is 35.4 Å². The van der Waals surface area contributed by atoms with Gasteiger partial charge in [-0.25, -0.2) is 0 Å². The number of hydrogen-bond donors (Lipinski definition) is 1. The minimum Gasteiger partial charge on any atom is -0.598 e. The molecule has 0 aromatic heterocycles. The summed E-state index contributed by atoms with van der Waals surface area (Å²) in [4.78, 5) is 0. The average Bonchev–Trinajstić information content (AvgIpc) is 2.34. The van der Waals surface area contributed by atoms with E-state index in [0.29, 0.717) is 5.56 Å². The number of nitriles is 1. The Labute approximate surface area is 113 Å². The fourth-order valence-electron chi connectivity index (χ4n) is 1.52. The molecular formula is C14H20N2OS. The van der Waals surface area contributed by atoms with Crippen LogP contribution >= 0.6 is 0 Å². The molecule has 0 saturated heterocycles. The van der Waals surface area contributed by atoms with E-state index in [0.717, 1.165) is 12.0 Å². The Kier molecular flexibility index (Phi) is 5.21. The van der Waals surface area contributed by atoms with Gasteiger partial charge in [-0.05, 0) is 44.9 Å². The molecule has 0 amide bonds. The third-order valence-electron chi connectivity index (χ3n) is 2.63. The molecule has 0 saturated carbocycles. The van der Waals surface area contributed by atoms with Crippen LogP contribution in [0.4, 0.5) is 0 Å². The molecule has 0 radical (unpaired) electrons. The number of nitrogens with one attached hydrogen (secondary N) is 1. The molecule has 3 nitrogen and oxygen atoms in total. The van der Waals surface area contributed by atoms with E-state index < -0.39 is 11.4 Å². The molecule has 1 aromatic carbocycles. The molecular weight excluding hydrogens is 244 g/mol. The van der Waals surface area contributed by atoms with Crippen molar-refractivity contribution in [3.63, 3.8) is 0 Å². The Morgan fingerprint density at radius 2 is 2.11 bits per heavy atom. The molecule has 1 rings (SSSR count). The summed E-state index contributed by atoms with van der Waals surface area (Å²) in [5.74, 6) is 0. The van der Waals surface area contributed by atoms with Crippen molar-refractivity contribution in [2.45, 2.75) is 44.9 Å². The first kappa shape index (κ1) is 15.0. The summed E-state index contributed by atoms with van der Waals surface area (Å²) < 4.78 is 14.9. The van der Waals surface area contributed by atoms with Gasteiger partial charge in [0.25, 0.3) is 0 Å². The first-order valence-corrected chi connectivity index (χ1v) is 7.21. The van der Waals surface area contributed by atoms with E-state index in [4.69, 9.17) is 5.26 Å². The first-order chi connectivity index (χ1) is 8.38. The zero-order chi connectivity index (χ0) is 13.8. The van der Waals surface area contributed by atoms with Crippen molar-refractivity contribution < 1.29 is 4.55 Å². The molecule has 0 aliphatic heterocycles. The molecule has 0 aliphatic carbocycles. The van der Waals surface area contributed by atoms with Gasteiger partial charge >= 0.3 is 0 Å². The van der Waals surface area contributed by atoms with Crippen molar-refractivity contribution in [1.29, 1.82) is 5.26 Å². The lowest BCUT2D eigenvalue weighted by molar-refractivity contribution is 0.519. The van der Waals surface area contributed by atoms with Crippen LogP contribution in [-0.4, -0.2) is 9.30 Å². The van der Waals surface area contributed by atoms with Crippen LogP contribution in [0.25, 0.3) is 0 Å². The molecule has 98 valence electrons. The summed E-state index contributed by atoms with van der Waals surface area (Å²) in [7, 11) is 0. The van der Waals surface area contributed by atoms with Crippen LogP contribution in [0.5, 0.6) is 0 Å². The van der Waals surface area contributed by atoms with E-state index in [2.05, 4.69) is 10.8 Å². The van der Waals surface area contributed by atoms with Crippen LogP contribution in [0.1, 0.15) is 51.3 Å². The lowest BCUT2D eigenvalue weighted by atomic mass is 10.0. The minimum absolute atomic E-state index is 0.0124. The van der Waals surface area contributed by atoms with Crippen LogP contribution in [0.3, 0.4) is 0 Å². The van der Waals surface area contributed by atoms with E-state index >= 15 is 0 Å². The minimum atomic E-state index is -1.11. The van der Waals surface area contributed by atoms with Gasteiger partial charge in [0.1, 0.15) is 4.75 Å². The SMILES string of the molecule is CC[C@H](N[S+]([O-])C(C)(C)C)c1cccc(C#N)c1. The Bertz CT molecular complexity index is 434. The van der Waals surface area contributed by atoms with Crippen molar-refractivity contribution >= 4 is 11.4 Å². The second-order valence-corrected chi connectivity index (χ2v) is 7.19. The Morgan fingerprint density at radius 3 is 2.61 bits per heavy atom. The molecule has 0 heterocycles. The normalized spacial score (nSPS) is 14.9. The molecule has 18 heavy (non-hydrogen) atoms. The third kappa shape index (κ3) is 4.02. The lowest BCUT2D eigenvalue weighted by Crippen LogP contribution is -2.41. The highest BCUT2D eigenvalue weighted by Gasteiger charge is 2.29. The molecule has 0 aliphatic rings. The maximum absolute atomic E-state index is 12.1. The van der Waals surface area contributed by atoms with Gasteiger partial charge in [-0.15, -0.1) is 4.72 Å². The van der Waals surface area contributed by atoms with Gasteiger partial charge < -0.3 is 4.55 Å². The highest BCUT2D eigenvalue weighted by Crippen LogP contribution is 2.22. The van der Waals surface area contributed by atoms with E-state index in [9.17, 15) is 4.55 Å². The van der Waals surface area contributed by atoms with Crippen LogP contribution < -0.4 is 4.72 Å². The zero-order valence-corrected chi connectivity index (χ0v) is 12.2. The van der Waals surface area contributed by atoms with Gasteiger partial charge in [0, 0.05) is 11.4 Å².